The van der Waals surface area contributed by atoms with Crippen molar-refractivity contribution in [2.24, 2.45) is 0 Å². The van der Waals surface area contributed by atoms with Crippen molar-refractivity contribution < 1.29 is 4.79 Å². The van der Waals surface area contributed by atoms with Gasteiger partial charge in [0.15, 0.2) is 0 Å². The van der Waals surface area contributed by atoms with Gasteiger partial charge in [-0.1, -0.05) is 41.5 Å². The van der Waals surface area contributed by atoms with Crippen LogP contribution in [0.5, 0.6) is 0 Å². The fourth-order valence-corrected chi connectivity index (χ4v) is 3.13. The Morgan fingerprint density at radius 1 is 0.926 bits per heavy atom. The fourth-order valence-electron chi connectivity index (χ4n) is 3.13. The number of nitrogens with zero attached hydrogens (tertiary/aromatic N) is 1. The molecular weight excluding hydrogens is 336 g/mol. The van der Waals surface area contributed by atoms with Crippen LogP contribution in [0.4, 0.5) is 5.69 Å². The van der Waals surface area contributed by atoms with Crippen molar-refractivity contribution in [3.8, 4) is 0 Å². The Balaban J connectivity index is 1.89. The molecule has 0 atom stereocenters. The molecule has 2 aromatic carbocycles. The average molecular weight is 360 g/mol. The number of aromatic nitrogens is 1. The maximum absolute atomic E-state index is 12.8. The molecule has 0 aliphatic carbocycles. The van der Waals surface area contributed by atoms with Crippen LogP contribution in [0.2, 0.25) is 0 Å². The van der Waals surface area contributed by atoms with Crippen molar-refractivity contribution in [1.82, 2.24) is 4.57 Å². The third kappa shape index (κ3) is 4.17. The molecule has 0 spiro atoms. The molecule has 27 heavy (non-hydrogen) atoms. The minimum atomic E-state index is -0.387. The number of pyridine rings is 1. The number of carbonyl (C=O) groups excluding carboxylic acids is 1. The van der Waals surface area contributed by atoms with Crippen LogP contribution in [-0.2, 0) is 6.54 Å². The van der Waals surface area contributed by atoms with Crippen LogP contribution >= 0.6 is 0 Å². The molecule has 0 aliphatic heterocycles. The van der Waals surface area contributed by atoms with Crippen molar-refractivity contribution in [3.05, 3.63) is 98.5 Å². The SMILES string of the molecule is Cc1ccc(NC(=O)c2cccn(Cc3cc(C)ccc3C)c2=O)c(C)c1. The van der Waals surface area contributed by atoms with Gasteiger partial charge in [-0.15, -0.1) is 0 Å². The maximum atomic E-state index is 12.8. The molecule has 0 radical (unpaired) electrons. The molecule has 1 aromatic heterocycles. The van der Waals surface area contributed by atoms with E-state index in [1.165, 1.54) is 0 Å². The standard InChI is InChI=1S/C23H24N2O2/c1-15-8-10-21(18(4)12-15)24-22(26)20-6-5-11-25(23(20)27)14-19-13-16(2)7-9-17(19)3/h5-13H,14H2,1-4H3,(H,24,26). The van der Waals surface area contributed by atoms with Crippen molar-refractivity contribution in [3.63, 3.8) is 0 Å². The summed E-state index contributed by atoms with van der Waals surface area (Å²) in [6.45, 7) is 8.43. The number of hydrogen-bond acceptors (Lipinski definition) is 2. The number of rotatable bonds is 4. The quantitative estimate of drug-likeness (QED) is 0.750. The number of amides is 1. The molecule has 1 N–H and O–H groups in total. The second kappa shape index (κ2) is 7.62. The Hall–Kier alpha value is -3.14. The summed E-state index contributed by atoms with van der Waals surface area (Å²) in [5.74, 6) is -0.387. The van der Waals surface area contributed by atoms with Gasteiger partial charge in [0, 0.05) is 11.9 Å². The Kier molecular flexibility index (Phi) is 5.26. The van der Waals surface area contributed by atoms with E-state index in [4.69, 9.17) is 0 Å². The van der Waals surface area contributed by atoms with E-state index >= 15 is 0 Å². The lowest BCUT2D eigenvalue weighted by atomic mass is 10.1. The zero-order valence-corrected chi connectivity index (χ0v) is 16.2. The van der Waals surface area contributed by atoms with Crippen LogP contribution in [0, 0.1) is 27.7 Å². The predicted molar refractivity (Wildman–Crippen MR) is 110 cm³/mol. The van der Waals surface area contributed by atoms with Crippen molar-refractivity contribution >= 4 is 11.6 Å². The molecule has 3 aromatic rings. The van der Waals surface area contributed by atoms with Gasteiger partial charge in [0.25, 0.3) is 11.5 Å². The predicted octanol–water partition coefficient (Wildman–Crippen LogP) is 4.38. The van der Waals surface area contributed by atoms with Gasteiger partial charge in [-0.25, -0.2) is 0 Å². The van der Waals surface area contributed by atoms with Crippen LogP contribution in [0.15, 0.2) is 59.5 Å². The number of anilines is 1. The monoisotopic (exact) mass is 360 g/mol. The Morgan fingerprint density at radius 2 is 1.63 bits per heavy atom. The number of aryl methyl sites for hydroxylation is 4. The smallest absolute Gasteiger partial charge is 0.263 e. The van der Waals surface area contributed by atoms with E-state index in [2.05, 4.69) is 17.4 Å². The molecule has 4 heteroatoms. The molecule has 3 rings (SSSR count). The lowest BCUT2D eigenvalue weighted by Crippen LogP contribution is -2.29. The van der Waals surface area contributed by atoms with Crippen LogP contribution in [0.25, 0.3) is 0 Å². The molecule has 0 saturated carbocycles. The molecule has 1 amide bonds. The zero-order chi connectivity index (χ0) is 19.6. The summed E-state index contributed by atoms with van der Waals surface area (Å²) in [6.07, 6.45) is 1.72. The first-order valence-corrected chi connectivity index (χ1v) is 8.99. The summed E-state index contributed by atoms with van der Waals surface area (Å²) in [5, 5.41) is 2.85. The van der Waals surface area contributed by atoms with Crippen molar-refractivity contribution in [1.29, 1.82) is 0 Å². The van der Waals surface area contributed by atoms with Crippen molar-refractivity contribution in [2.75, 3.05) is 5.32 Å². The highest BCUT2D eigenvalue weighted by molar-refractivity contribution is 6.04. The summed E-state index contributed by atoms with van der Waals surface area (Å²) >= 11 is 0. The van der Waals surface area contributed by atoms with Gasteiger partial charge in [-0.2, -0.15) is 0 Å². The van der Waals surface area contributed by atoms with E-state index in [0.29, 0.717) is 6.54 Å². The number of benzene rings is 2. The first-order chi connectivity index (χ1) is 12.8. The number of carbonyl (C=O) groups is 1. The summed E-state index contributed by atoms with van der Waals surface area (Å²) < 4.78 is 1.58. The lowest BCUT2D eigenvalue weighted by Gasteiger charge is -2.12. The molecule has 0 fully saturated rings. The molecule has 138 valence electrons. The van der Waals surface area contributed by atoms with Gasteiger partial charge >= 0.3 is 0 Å². The second-order valence-corrected chi connectivity index (χ2v) is 7.06. The molecule has 4 nitrogen and oxygen atoms in total. The molecule has 0 saturated heterocycles. The molecular formula is C23H24N2O2. The molecule has 0 unspecified atom stereocenters. The summed E-state index contributed by atoms with van der Waals surface area (Å²) in [7, 11) is 0. The van der Waals surface area contributed by atoms with E-state index < -0.39 is 0 Å². The Labute approximate surface area is 159 Å². The molecule has 0 bridgehead atoms. The van der Waals surface area contributed by atoms with Gasteiger partial charge in [0.2, 0.25) is 0 Å². The minimum absolute atomic E-state index is 0.141. The van der Waals surface area contributed by atoms with Crippen LogP contribution in [0.1, 0.15) is 38.2 Å². The van der Waals surface area contributed by atoms with Crippen LogP contribution in [0.3, 0.4) is 0 Å². The highest BCUT2D eigenvalue weighted by Gasteiger charge is 2.14. The van der Waals surface area contributed by atoms with Crippen LogP contribution < -0.4 is 10.9 Å². The normalized spacial score (nSPS) is 10.7. The molecule has 0 aliphatic rings. The fraction of sp³-hybridized carbons (Fsp3) is 0.217. The van der Waals surface area contributed by atoms with E-state index in [9.17, 15) is 9.59 Å². The first-order valence-electron chi connectivity index (χ1n) is 8.99. The Bertz CT molecular complexity index is 1060. The van der Waals surface area contributed by atoms with Crippen molar-refractivity contribution in [2.45, 2.75) is 34.2 Å². The third-order valence-electron chi connectivity index (χ3n) is 4.74. The summed E-state index contributed by atoms with van der Waals surface area (Å²) in [6, 6.07) is 15.3. The number of nitrogens with one attached hydrogen (secondary N) is 1. The molecule has 1 heterocycles. The van der Waals surface area contributed by atoms with E-state index in [-0.39, 0.29) is 17.0 Å². The van der Waals surface area contributed by atoms with Gasteiger partial charge in [0.1, 0.15) is 5.56 Å². The largest absolute Gasteiger partial charge is 0.322 e. The maximum Gasteiger partial charge on any atom is 0.263 e. The topological polar surface area (TPSA) is 51.1 Å². The number of hydrogen-bond donors (Lipinski definition) is 1. The second-order valence-electron chi connectivity index (χ2n) is 7.06. The van der Waals surface area contributed by atoms with Gasteiger partial charge in [0.05, 0.1) is 6.54 Å². The first kappa shape index (κ1) is 18.6. The highest BCUT2D eigenvalue weighted by atomic mass is 16.2. The highest BCUT2D eigenvalue weighted by Crippen LogP contribution is 2.17. The van der Waals surface area contributed by atoms with Crippen LogP contribution in [-0.4, -0.2) is 10.5 Å². The van der Waals surface area contributed by atoms with E-state index in [1.54, 1.807) is 22.9 Å². The van der Waals surface area contributed by atoms with Gasteiger partial charge in [-0.05, 0) is 62.6 Å². The van der Waals surface area contributed by atoms with E-state index in [0.717, 1.165) is 33.5 Å². The lowest BCUT2D eigenvalue weighted by molar-refractivity contribution is 0.102. The summed E-state index contributed by atoms with van der Waals surface area (Å²) in [4.78, 5) is 25.5. The zero-order valence-electron chi connectivity index (χ0n) is 16.2. The minimum Gasteiger partial charge on any atom is -0.322 e. The Morgan fingerprint density at radius 3 is 2.37 bits per heavy atom. The van der Waals surface area contributed by atoms with E-state index in [1.807, 2.05) is 52.0 Å². The van der Waals surface area contributed by atoms with Gasteiger partial charge < -0.3 is 9.88 Å². The van der Waals surface area contributed by atoms with Gasteiger partial charge in [-0.3, -0.25) is 9.59 Å². The summed E-state index contributed by atoms with van der Waals surface area (Å²) in [5.41, 5.74) is 6.00. The average Bonchev–Trinajstić information content (AvgIpc) is 2.62. The third-order valence-corrected chi connectivity index (χ3v) is 4.74.